The lowest BCUT2D eigenvalue weighted by Gasteiger charge is -2.29. The monoisotopic (exact) mass is 256 g/mol. The predicted octanol–water partition coefficient (Wildman–Crippen LogP) is 2.66. The van der Waals surface area contributed by atoms with Gasteiger partial charge in [0.05, 0.1) is 17.3 Å². The van der Waals surface area contributed by atoms with E-state index in [4.69, 9.17) is 22.1 Å². The van der Waals surface area contributed by atoms with Crippen LogP contribution in [0.4, 0.5) is 5.69 Å². The molecule has 3 nitrogen and oxygen atoms in total. The molecule has 0 spiro atoms. The minimum atomic E-state index is 0.381. The first-order valence-corrected chi connectivity index (χ1v) is 6.22. The molecule has 2 N–H and O–H groups in total. The van der Waals surface area contributed by atoms with Crippen molar-refractivity contribution in [1.82, 2.24) is 0 Å². The van der Waals surface area contributed by atoms with Gasteiger partial charge in [-0.15, -0.1) is 0 Å². The van der Waals surface area contributed by atoms with Gasteiger partial charge in [0.1, 0.15) is 0 Å². The first-order valence-electron chi connectivity index (χ1n) is 5.84. The zero-order valence-corrected chi connectivity index (χ0v) is 11.5. The lowest BCUT2D eigenvalue weighted by atomic mass is 10.1. The van der Waals surface area contributed by atoms with Crippen LogP contribution in [-0.4, -0.2) is 26.3 Å². The van der Waals surface area contributed by atoms with Crippen LogP contribution in [0, 0.1) is 0 Å². The molecule has 0 unspecified atom stereocenters. The van der Waals surface area contributed by atoms with Crippen molar-refractivity contribution in [2.24, 2.45) is 5.73 Å². The van der Waals surface area contributed by atoms with Gasteiger partial charge in [0.15, 0.2) is 0 Å². The third kappa shape index (κ3) is 3.87. The maximum atomic E-state index is 6.29. The van der Waals surface area contributed by atoms with Crippen molar-refractivity contribution in [3.63, 3.8) is 0 Å². The molecule has 0 atom stereocenters. The highest BCUT2D eigenvalue weighted by Gasteiger charge is 2.13. The first-order chi connectivity index (χ1) is 8.10. The van der Waals surface area contributed by atoms with Crippen LogP contribution in [0.2, 0.25) is 5.02 Å². The molecule has 0 aliphatic carbocycles. The van der Waals surface area contributed by atoms with E-state index < -0.39 is 0 Å². The largest absolute Gasteiger partial charge is 0.383 e. The second-order valence-electron chi connectivity index (χ2n) is 4.27. The van der Waals surface area contributed by atoms with E-state index in [0.717, 1.165) is 22.8 Å². The Balaban J connectivity index is 2.93. The van der Waals surface area contributed by atoms with E-state index in [2.05, 4.69) is 18.7 Å². The lowest BCUT2D eigenvalue weighted by Crippen LogP contribution is -2.34. The van der Waals surface area contributed by atoms with Crippen molar-refractivity contribution >= 4 is 17.3 Å². The van der Waals surface area contributed by atoms with Crippen LogP contribution in [0.5, 0.6) is 0 Å². The number of benzene rings is 1. The summed E-state index contributed by atoms with van der Waals surface area (Å²) in [4.78, 5) is 2.23. The van der Waals surface area contributed by atoms with Gasteiger partial charge in [-0.1, -0.05) is 17.7 Å². The molecular weight excluding hydrogens is 236 g/mol. The van der Waals surface area contributed by atoms with Gasteiger partial charge in [0.2, 0.25) is 0 Å². The number of nitrogens with two attached hydrogens (primary N) is 1. The van der Waals surface area contributed by atoms with Crippen LogP contribution in [0.15, 0.2) is 18.2 Å². The van der Waals surface area contributed by atoms with Gasteiger partial charge in [-0.05, 0) is 31.5 Å². The van der Waals surface area contributed by atoms with Gasteiger partial charge >= 0.3 is 0 Å². The zero-order valence-electron chi connectivity index (χ0n) is 10.7. The van der Waals surface area contributed by atoms with Crippen molar-refractivity contribution < 1.29 is 4.74 Å². The molecule has 0 aromatic heterocycles. The number of methoxy groups -OCH3 is 1. The number of ether oxygens (including phenoxy) is 1. The second-order valence-corrected chi connectivity index (χ2v) is 4.68. The van der Waals surface area contributed by atoms with Gasteiger partial charge in [-0.2, -0.15) is 0 Å². The van der Waals surface area contributed by atoms with Crippen LogP contribution in [0.25, 0.3) is 0 Å². The van der Waals surface area contributed by atoms with Crippen molar-refractivity contribution in [2.45, 2.75) is 26.4 Å². The number of halogens is 1. The van der Waals surface area contributed by atoms with Gasteiger partial charge in [0.25, 0.3) is 0 Å². The summed E-state index contributed by atoms with van der Waals surface area (Å²) < 4.78 is 5.12. The Labute approximate surface area is 109 Å². The summed E-state index contributed by atoms with van der Waals surface area (Å²) in [6, 6.07) is 6.36. The Bertz CT molecular complexity index is 355. The Kier molecular flexibility index (Phi) is 5.75. The summed E-state index contributed by atoms with van der Waals surface area (Å²) in [5.74, 6) is 0. The molecule has 4 heteroatoms. The Morgan fingerprint density at radius 2 is 2.12 bits per heavy atom. The van der Waals surface area contributed by atoms with E-state index in [1.807, 2.05) is 18.2 Å². The number of anilines is 1. The van der Waals surface area contributed by atoms with Crippen LogP contribution in [-0.2, 0) is 11.3 Å². The summed E-state index contributed by atoms with van der Waals surface area (Å²) in [6.07, 6.45) is 0. The van der Waals surface area contributed by atoms with Gasteiger partial charge in [-0.25, -0.2) is 0 Å². The molecular formula is C13H21ClN2O. The third-order valence-electron chi connectivity index (χ3n) is 2.72. The highest BCUT2D eigenvalue weighted by Crippen LogP contribution is 2.28. The molecule has 1 rings (SSSR count). The van der Waals surface area contributed by atoms with Crippen molar-refractivity contribution in [2.75, 3.05) is 25.2 Å². The van der Waals surface area contributed by atoms with Crippen molar-refractivity contribution in [1.29, 1.82) is 0 Å². The van der Waals surface area contributed by atoms with Crippen molar-refractivity contribution in [3.8, 4) is 0 Å². The summed E-state index contributed by atoms with van der Waals surface area (Å²) >= 11 is 6.29. The average molecular weight is 257 g/mol. The molecule has 1 aromatic carbocycles. The molecule has 0 saturated carbocycles. The van der Waals surface area contributed by atoms with Crippen LogP contribution in [0.3, 0.4) is 0 Å². The fourth-order valence-electron chi connectivity index (χ4n) is 1.76. The van der Waals surface area contributed by atoms with E-state index in [-0.39, 0.29) is 0 Å². The maximum absolute atomic E-state index is 6.29. The highest BCUT2D eigenvalue weighted by molar-refractivity contribution is 6.33. The molecule has 0 saturated heterocycles. The van der Waals surface area contributed by atoms with Gasteiger partial charge in [-0.3, -0.25) is 0 Å². The summed E-state index contributed by atoms with van der Waals surface area (Å²) in [6.45, 7) is 6.31. The molecule has 0 aliphatic heterocycles. The molecule has 0 radical (unpaired) electrons. The SMILES string of the molecule is COCCN(c1ccc(CN)cc1Cl)C(C)C. The second kappa shape index (κ2) is 6.84. The quantitative estimate of drug-likeness (QED) is 0.851. The van der Waals surface area contributed by atoms with E-state index in [1.54, 1.807) is 7.11 Å². The first kappa shape index (κ1) is 14.3. The summed E-state index contributed by atoms with van der Waals surface area (Å²) in [7, 11) is 1.71. The standard InChI is InChI=1S/C13H21ClN2O/c1-10(2)16(6-7-17-3)13-5-4-11(9-15)8-12(13)14/h4-5,8,10H,6-7,9,15H2,1-3H3. The smallest absolute Gasteiger partial charge is 0.0642 e. The van der Waals surface area contributed by atoms with Crippen LogP contribution in [0.1, 0.15) is 19.4 Å². The van der Waals surface area contributed by atoms with E-state index in [0.29, 0.717) is 19.2 Å². The fraction of sp³-hybridized carbons (Fsp3) is 0.538. The van der Waals surface area contributed by atoms with E-state index in [1.165, 1.54) is 0 Å². The predicted molar refractivity (Wildman–Crippen MR) is 73.7 cm³/mol. The lowest BCUT2D eigenvalue weighted by molar-refractivity contribution is 0.204. The minimum Gasteiger partial charge on any atom is -0.383 e. The average Bonchev–Trinajstić information content (AvgIpc) is 2.30. The number of hydrogen-bond donors (Lipinski definition) is 1. The minimum absolute atomic E-state index is 0.381. The summed E-state index contributed by atoms with van der Waals surface area (Å²) in [5.41, 5.74) is 7.68. The van der Waals surface area contributed by atoms with E-state index in [9.17, 15) is 0 Å². The Morgan fingerprint density at radius 1 is 1.41 bits per heavy atom. The van der Waals surface area contributed by atoms with E-state index >= 15 is 0 Å². The molecule has 0 fully saturated rings. The molecule has 96 valence electrons. The third-order valence-corrected chi connectivity index (χ3v) is 3.02. The Hall–Kier alpha value is -0.770. The van der Waals surface area contributed by atoms with Crippen molar-refractivity contribution in [3.05, 3.63) is 28.8 Å². The van der Waals surface area contributed by atoms with Crippen LogP contribution < -0.4 is 10.6 Å². The summed E-state index contributed by atoms with van der Waals surface area (Å²) in [5, 5.41) is 0.748. The number of rotatable bonds is 6. The number of hydrogen-bond acceptors (Lipinski definition) is 3. The normalized spacial score (nSPS) is 10.9. The zero-order chi connectivity index (χ0) is 12.8. The van der Waals surface area contributed by atoms with Gasteiger partial charge in [0, 0.05) is 26.2 Å². The molecule has 0 amide bonds. The molecule has 0 aliphatic rings. The van der Waals surface area contributed by atoms with Gasteiger partial charge < -0.3 is 15.4 Å². The molecule has 0 bridgehead atoms. The topological polar surface area (TPSA) is 38.5 Å². The number of nitrogens with zero attached hydrogens (tertiary/aromatic N) is 1. The molecule has 0 heterocycles. The van der Waals surface area contributed by atoms with Crippen LogP contribution >= 0.6 is 11.6 Å². The fourth-order valence-corrected chi connectivity index (χ4v) is 2.07. The molecule has 17 heavy (non-hydrogen) atoms. The highest BCUT2D eigenvalue weighted by atomic mass is 35.5. The maximum Gasteiger partial charge on any atom is 0.0642 e. The molecule has 1 aromatic rings. The Morgan fingerprint density at radius 3 is 2.59 bits per heavy atom.